The number of quaternary nitrogens is 1. The SMILES string of the molecule is CC(C)c1ccc(NC(=S)NC2CC[NH+](Cc3ccc(Cl)cc3)CC2)cc1. The molecule has 0 saturated carbocycles. The summed E-state index contributed by atoms with van der Waals surface area (Å²) in [6.45, 7) is 7.79. The third kappa shape index (κ3) is 6.20. The maximum atomic E-state index is 5.97. The van der Waals surface area contributed by atoms with Crippen molar-refractivity contribution in [1.29, 1.82) is 0 Å². The van der Waals surface area contributed by atoms with Gasteiger partial charge in [0.25, 0.3) is 0 Å². The van der Waals surface area contributed by atoms with Crippen LogP contribution in [-0.4, -0.2) is 24.2 Å². The number of benzene rings is 2. The predicted molar refractivity (Wildman–Crippen MR) is 119 cm³/mol. The highest BCUT2D eigenvalue weighted by molar-refractivity contribution is 7.80. The van der Waals surface area contributed by atoms with E-state index in [-0.39, 0.29) is 0 Å². The molecule has 144 valence electrons. The molecule has 1 saturated heterocycles. The first-order valence-corrected chi connectivity index (χ1v) is 10.5. The molecule has 3 nitrogen and oxygen atoms in total. The van der Waals surface area contributed by atoms with E-state index >= 15 is 0 Å². The lowest BCUT2D eigenvalue weighted by atomic mass is 10.0. The number of piperidine rings is 1. The van der Waals surface area contributed by atoms with Gasteiger partial charge in [0.05, 0.1) is 13.1 Å². The second kappa shape index (κ2) is 9.54. The minimum Gasteiger partial charge on any atom is -0.359 e. The monoisotopic (exact) mass is 402 g/mol. The number of thiocarbonyl (C=S) groups is 1. The molecule has 27 heavy (non-hydrogen) atoms. The van der Waals surface area contributed by atoms with Crippen LogP contribution in [0.25, 0.3) is 0 Å². The lowest BCUT2D eigenvalue weighted by molar-refractivity contribution is -0.918. The molecule has 0 bridgehead atoms. The number of hydrogen-bond acceptors (Lipinski definition) is 1. The minimum absolute atomic E-state index is 0.453. The van der Waals surface area contributed by atoms with Gasteiger partial charge in [0.2, 0.25) is 0 Å². The van der Waals surface area contributed by atoms with Gasteiger partial charge in [-0.2, -0.15) is 0 Å². The molecule has 0 atom stereocenters. The molecular weight excluding hydrogens is 374 g/mol. The lowest BCUT2D eigenvalue weighted by Gasteiger charge is -2.30. The van der Waals surface area contributed by atoms with Crippen molar-refractivity contribution in [3.63, 3.8) is 0 Å². The first-order chi connectivity index (χ1) is 13.0. The third-order valence-corrected chi connectivity index (χ3v) is 5.70. The van der Waals surface area contributed by atoms with Gasteiger partial charge in [-0.15, -0.1) is 0 Å². The van der Waals surface area contributed by atoms with E-state index in [1.165, 1.54) is 11.1 Å². The largest absolute Gasteiger partial charge is 0.359 e. The Labute approximate surface area is 173 Å². The highest BCUT2D eigenvalue weighted by Crippen LogP contribution is 2.17. The molecule has 3 N–H and O–H groups in total. The Morgan fingerprint density at radius 2 is 1.70 bits per heavy atom. The highest BCUT2D eigenvalue weighted by atomic mass is 35.5. The zero-order valence-corrected chi connectivity index (χ0v) is 17.7. The van der Waals surface area contributed by atoms with Crippen molar-refractivity contribution in [2.75, 3.05) is 18.4 Å². The first-order valence-electron chi connectivity index (χ1n) is 9.75. The van der Waals surface area contributed by atoms with E-state index in [0.717, 1.165) is 48.3 Å². The van der Waals surface area contributed by atoms with Crippen LogP contribution in [0.4, 0.5) is 5.69 Å². The topological polar surface area (TPSA) is 28.5 Å². The second-order valence-electron chi connectivity index (χ2n) is 7.70. The summed E-state index contributed by atoms with van der Waals surface area (Å²) in [5.74, 6) is 0.546. The molecule has 1 aliphatic rings. The molecular formula is C22H29ClN3S+. The standard InChI is InChI=1S/C22H28ClN3S/c1-16(2)18-5-9-20(10-6-18)24-22(27)25-21-11-13-26(14-12-21)15-17-3-7-19(23)8-4-17/h3-10,16,21H,11-15H2,1-2H3,(H2,24,25,27)/p+1. The van der Waals surface area contributed by atoms with Crippen molar-refractivity contribution in [1.82, 2.24) is 5.32 Å². The zero-order chi connectivity index (χ0) is 19.2. The van der Waals surface area contributed by atoms with E-state index in [1.54, 1.807) is 4.90 Å². The molecule has 1 aliphatic heterocycles. The number of rotatable bonds is 5. The third-order valence-electron chi connectivity index (χ3n) is 5.23. The van der Waals surface area contributed by atoms with E-state index in [4.69, 9.17) is 23.8 Å². The molecule has 0 radical (unpaired) electrons. The molecule has 0 aromatic heterocycles. The summed E-state index contributed by atoms with van der Waals surface area (Å²) in [6, 6.07) is 17.2. The molecule has 2 aromatic rings. The van der Waals surface area contributed by atoms with E-state index in [9.17, 15) is 0 Å². The maximum absolute atomic E-state index is 5.97. The van der Waals surface area contributed by atoms with Crippen molar-refractivity contribution in [3.05, 3.63) is 64.7 Å². The number of likely N-dealkylation sites (tertiary alicyclic amines) is 1. The predicted octanol–water partition coefficient (Wildman–Crippen LogP) is 4.00. The Hall–Kier alpha value is -1.62. The average molecular weight is 403 g/mol. The smallest absolute Gasteiger partial charge is 0.171 e. The average Bonchev–Trinajstić information content (AvgIpc) is 2.65. The molecule has 0 amide bonds. The quantitative estimate of drug-likeness (QED) is 0.660. The Morgan fingerprint density at radius 1 is 1.07 bits per heavy atom. The van der Waals surface area contributed by atoms with Gasteiger partial charge in [0.1, 0.15) is 6.54 Å². The van der Waals surface area contributed by atoms with Crippen LogP contribution in [0.2, 0.25) is 5.02 Å². The maximum Gasteiger partial charge on any atom is 0.171 e. The van der Waals surface area contributed by atoms with Crippen LogP contribution in [0.1, 0.15) is 43.7 Å². The highest BCUT2D eigenvalue weighted by Gasteiger charge is 2.22. The first kappa shape index (κ1) is 20.1. The van der Waals surface area contributed by atoms with Gasteiger partial charge in [0.15, 0.2) is 5.11 Å². The van der Waals surface area contributed by atoms with Crippen LogP contribution in [0.15, 0.2) is 48.5 Å². The lowest BCUT2D eigenvalue weighted by Crippen LogP contribution is -3.12. The van der Waals surface area contributed by atoms with Gasteiger partial charge in [-0.05, 0) is 48.0 Å². The van der Waals surface area contributed by atoms with Crippen LogP contribution in [0, 0.1) is 0 Å². The summed E-state index contributed by atoms with van der Waals surface area (Å²) in [4.78, 5) is 1.62. The summed E-state index contributed by atoms with van der Waals surface area (Å²) in [6.07, 6.45) is 2.27. The van der Waals surface area contributed by atoms with E-state index in [1.807, 2.05) is 12.1 Å². The molecule has 0 aliphatic carbocycles. The van der Waals surface area contributed by atoms with Gasteiger partial charge in [-0.25, -0.2) is 0 Å². The van der Waals surface area contributed by atoms with Crippen LogP contribution in [-0.2, 0) is 6.54 Å². The number of hydrogen-bond donors (Lipinski definition) is 3. The van der Waals surface area contributed by atoms with Crippen LogP contribution in [0.3, 0.4) is 0 Å². The van der Waals surface area contributed by atoms with Crippen molar-refractivity contribution >= 4 is 34.6 Å². The summed E-state index contributed by atoms with van der Waals surface area (Å²) in [7, 11) is 0. The minimum atomic E-state index is 0.453. The Morgan fingerprint density at radius 3 is 2.30 bits per heavy atom. The summed E-state index contributed by atoms with van der Waals surface area (Å²) in [5, 5.41) is 8.32. The Bertz CT molecular complexity index is 735. The normalized spacial score (nSPS) is 19.7. The molecule has 0 spiro atoms. The zero-order valence-electron chi connectivity index (χ0n) is 16.1. The fourth-order valence-electron chi connectivity index (χ4n) is 3.54. The Balaban J connectivity index is 1.41. The van der Waals surface area contributed by atoms with Crippen molar-refractivity contribution in [3.8, 4) is 0 Å². The van der Waals surface area contributed by atoms with Gasteiger partial charge >= 0.3 is 0 Å². The molecule has 3 rings (SSSR count). The fraction of sp³-hybridized carbons (Fsp3) is 0.409. The van der Waals surface area contributed by atoms with Gasteiger partial charge in [-0.1, -0.05) is 49.7 Å². The van der Waals surface area contributed by atoms with E-state index in [0.29, 0.717) is 12.0 Å². The van der Waals surface area contributed by atoms with E-state index < -0.39 is 0 Å². The molecule has 1 heterocycles. The molecule has 0 unspecified atom stereocenters. The summed E-state index contributed by atoms with van der Waals surface area (Å²) in [5.41, 5.74) is 3.74. The van der Waals surface area contributed by atoms with Crippen LogP contribution in [0.5, 0.6) is 0 Å². The van der Waals surface area contributed by atoms with Crippen LogP contribution < -0.4 is 15.5 Å². The molecule has 5 heteroatoms. The van der Waals surface area contributed by atoms with Crippen molar-refractivity contribution in [2.45, 2.75) is 45.2 Å². The van der Waals surface area contributed by atoms with E-state index in [2.05, 4.69) is 60.9 Å². The summed E-state index contributed by atoms with van der Waals surface area (Å²) < 4.78 is 0. The van der Waals surface area contributed by atoms with Gasteiger partial charge in [-0.3, -0.25) is 0 Å². The van der Waals surface area contributed by atoms with Crippen molar-refractivity contribution < 1.29 is 4.90 Å². The number of nitrogens with one attached hydrogen (secondary N) is 3. The Kier molecular flexibility index (Phi) is 7.11. The number of anilines is 1. The molecule has 2 aromatic carbocycles. The fourth-order valence-corrected chi connectivity index (χ4v) is 3.95. The van der Waals surface area contributed by atoms with Crippen LogP contribution >= 0.6 is 23.8 Å². The second-order valence-corrected chi connectivity index (χ2v) is 8.55. The number of halogens is 1. The van der Waals surface area contributed by atoms with Gasteiger partial charge in [0, 0.05) is 35.2 Å². The van der Waals surface area contributed by atoms with Crippen molar-refractivity contribution in [2.24, 2.45) is 0 Å². The molecule has 1 fully saturated rings. The summed E-state index contributed by atoms with van der Waals surface area (Å²) >= 11 is 11.5. The van der Waals surface area contributed by atoms with Gasteiger partial charge < -0.3 is 15.5 Å².